The van der Waals surface area contributed by atoms with Crippen LogP contribution in [0.3, 0.4) is 0 Å². The monoisotopic (exact) mass is 437 g/mol. The van der Waals surface area contributed by atoms with Crippen molar-refractivity contribution in [3.05, 3.63) is 47.0 Å². The number of anilines is 2. The highest BCUT2D eigenvalue weighted by atomic mass is 35.5. The topological polar surface area (TPSA) is 105 Å². The van der Waals surface area contributed by atoms with Crippen LogP contribution in [0.15, 0.2) is 41.3 Å². The Bertz CT molecular complexity index is 1070. The Morgan fingerprint density at radius 3 is 2.72 bits per heavy atom. The van der Waals surface area contributed by atoms with Crippen molar-refractivity contribution in [2.45, 2.75) is 17.7 Å². The van der Waals surface area contributed by atoms with Crippen LogP contribution in [0, 0.1) is 0 Å². The number of hydrogen-bond acceptors (Lipinski definition) is 5. The van der Waals surface area contributed by atoms with Crippen molar-refractivity contribution < 1.29 is 22.7 Å². The second kappa shape index (κ2) is 8.40. The number of carbonyl (C=O) groups excluding carboxylic acids is 2. The number of likely N-dealkylation sites (N-methyl/N-ethyl adjacent to an activating group) is 1. The normalized spacial score (nSPS) is 13.6. The summed E-state index contributed by atoms with van der Waals surface area (Å²) in [6.07, 6.45) is 0.763. The lowest BCUT2D eigenvalue weighted by molar-refractivity contribution is -0.117. The fourth-order valence-corrected chi connectivity index (χ4v) is 4.31. The van der Waals surface area contributed by atoms with Gasteiger partial charge in [0.1, 0.15) is 5.75 Å². The third-order valence-corrected chi connectivity index (χ3v) is 6.52. The fraction of sp³-hybridized carbons (Fsp3) is 0.263. The lowest BCUT2D eigenvalue weighted by Crippen LogP contribution is -2.35. The van der Waals surface area contributed by atoms with E-state index in [0.717, 1.165) is 9.87 Å². The van der Waals surface area contributed by atoms with E-state index in [-0.39, 0.29) is 10.8 Å². The first-order valence-electron chi connectivity index (χ1n) is 8.73. The van der Waals surface area contributed by atoms with E-state index in [1.807, 2.05) is 0 Å². The Morgan fingerprint density at radius 1 is 1.24 bits per heavy atom. The summed E-state index contributed by atoms with van der Waals surface area (Å²) >= 11 is 5.94. The summed E-state index contributed by atoms with van der Waals surface area (Å²) in [5.41, 5.74) is 1.70. The van der Waals surface area contributed by atoms with Crippen LogP contribution < -0.4 is 15.4 Å². The van der Waals surface area contributed by atoms with Crippen LogP contribution >= 0.6 is 11.6 Å². The molecule has 0 fully saturated rings. The number of carbonyl (C=O) groups is 2. The Hall–Kier alpha value is -2.62. The SMILES string of the molecule is COc1ccc(Cl)cc1NC(=O)CN(C)S(=O)(=O)c1ccc2c(c1)CCC(=O)N2. The third-order valence-electron chi connectivity index (χ3n) is 4.48. The standard InChI is InChI=1S/C19H20ClN3O5S/c1-23(11-19(25)22-16-10-13(20)4-7-17(16)28-2)29(26,27)14-5-6-15-12(9-14)3-8-18(24)21-15/h4-7,9-10H,3,8,11H2,1-2H3,(H,21,24)(H,22,25). The molecule has 2 amide bonds. The number of benzene rings is 2. The molecule has 3 rings (SSSR count). The second-order valence-electron chi connectivity index (χ2n) is 6.52. The van der Waals surface area contributed by atoms with Crippen molar-refractivity contribution in [3.63, 3.8) is 0 Å². The molecule has 10 heteroatoms. The van der Waals surface area contributed by atoms with Gasteiger partial charge in [-0.3, -0.25) is 9.59 Å². The minimum Gasteiger partial charge on any atom is -0.495 e. The zero-order valence-corrected chi connectivity index (χ0v) is 17.4. The Kier molecular flexibility index (Phi) is 6.11. The van der Waals surface area contributed by atoms with Gasteiger partial charge in [0, 0.05) is 24.2 Å². The van der Waals surface area contributed by atoms with Crippen molar-refractivity contribution in [2.75, 3.05) is 31.3 Å². The summed E-state index contributed by atoms with van der Waals surface area (Å²) in [4.78, 5) is 23.9. The smallest absolute Gasteiger partial charge is 0.243 e. The van der Waals surface area contributed by atoms with Crippen LogP contribution in [0.5, 0.6) is 5.75 Å². The highest BCUT2D eigenvalue weighted by Gasteiger charge is 2.25. The number of fused-ring (bicyclic) bond motifs is 1. The number of sulfonamides is 1. The first-order chi connectivity index (χ1) is 13.7. The molecule has 1 heterocycles. The molecule has 1 aliphatic heterocycles. The molecule has 2 aromatic carbocycles. The van der Waals surface area contributed by atoms with E-state index < -0.39 is 22.5 Å². The number of aryl methyl sites for hydroxylation is 1. The van der Waals surface area contributed by atoms with E-state index in [1.54, 1.807) is 18.2 Å². The number of nitrogens with zero attached hydrogens (tertiary/aromatic N) is 1. The van der Waals surface area contributed by atoms with Gasteiger partial charge in [0.2, 0.25) is 21.8 Å². The predicted octanol–water partition coefficient (Wildman–Crippen LogP) is 2.49. The number of rotatable bonds is 6. The Balaban J connectivity index is 1.74. The molecule has 0 spiro atoms. The van der Waals surface area contributed by atoms with Gasteiger partial charge in [-0.2, -0.15) is 4.31 Å². The van der Waals surface area contributed by atoms with Crippen molar-refractivity contribution in [3.8, 4) is 5.75 Å². The molecule has 2 aromatic rings. The molecule has 0 aliphatic carbocycles. The molecule has 0 atom stereocenters. The zero-order valence-electron chi connectivity index (χ0n) is 15.9. The molecule has 154 valence electrons. The van der Waals surface area contributed by atoms with Crippen molar-refractivity contribution in [1.82, 2.24) is 4.31 Å². The molecule has 0 bridgehead atoms. The molecule has 8 nitrogen and oxygen atoms in total. The van der Waals surface area contributed by atoms with Gasteiger partial charge >= 0.3 is 0 Å². The number of amides is 2. The van der Waals surface area contributed by atoms with E-state index in [1.165, 1.54) is 32.4 Å². The first-order valence-corrected chi connectivity index (χ1v) is 10.5. The van der Waals surface area contributed by atoms with Gasteiger partial charge in [-0.1, -0.05) is 11.6 Å². The molecule has 0 saturated carbocycles. The molecular weight excluding hydrogens is 418 g/mol. The quantitative estimate of drug-likeness (QED) is 0.722. The first kappa shape index (κ1) is 21.1. The van der Waals surface area contributed by atoms with Gasteiger partial charge < -0.3 is 15.4 Å². The summed E-state index contributed by atoms with van der Waals surface area (Å²) in [6, 6.07) is 9.23. The predicted molar refractivity (Wildman–Crippen MR) is 110 cm³/mol. The van der Waals surface area contributed by atoms with Crippen LogP contribution in [0.25, 0.3) is 0 Å². The van der Waals surface area contributed by atoms with Crippen LogP contribution in [0.4, 0.5) is 11.4 Å². The third kappa shape index (κ3) is 4.69. The van der Waals surface area contributed by atoms with Gasteiger partial charge in [0.15, 0.2) is 0 Å². The number of nitrogens with one attached hydrogen (secondary N) is 2. The zero-order chi connectivity index (χ0) is 21.2. The van der Waals surface area contributed by atoms with Gasteiger partial charge in [-0.25, -0.2) is 8.42 Å². The Labute approximate surface area is 173 Å². The van der Waals surface area contributed by atoms with Crippen LogP contribution in [0.1, 0.15) is 12.0 Å². The molecule has 0 aromatic heterocycles. The summed E-state index contributed by atoms with van der Waals surface area (Å²) < 4.78 is 31.8. The maximum absolute atomic E-state index is 12.9. The molecule has 1 aliphatic rings. The van der Waals surface area contributed by atoms with Crippen LogP contribution in [0.2, 0.25) is 5.02 Å². The summed E-state index contributed by atoms with van der Waals surface area (Å²) in [7, 11) is -1.12. The van der Waals surface area contributed by atoms with Gasteiger partial charge in [-0.15, -0.1) is 0 Å². The highest BCUT2D eigenvalue weighted by molar-refractivity contribution is 7.89. The maximum Gasteiger partial charge on any atom is 0.243 e. The molecule has 0 saturated heterocycles. The number of ether oxygens (including phenoxy) is 1. The minimum absolute atomic E-state index is 0.0584. The van der Waals surface area contributed by atoms with E-state index >= 15 is 0 Å². The van der Waals surface area contributed by atoms with Crippen molar-refractivity contribution in [1.29, 1.82) is 0 Å². The van der Waals surface area contributed by atoms with Gasteiger partial charge in [-0.05, 0) is 48.4 Å². The average Bonchev–Trinajstić information content (AvgIpc) is 2.67. The average molecular weight is 438 g/mol. The number of methoxy groups -OCH3 is 1. The Morgan fingerprint density at radius 2 is 2.00 bits per heavy atom. The lowest BCUT2D eigenvalue weighted by atomic mass is 10.0. The number of hydrogen-bond donors (Lipinski definition) is 2. The molecule has 0 unspecified atom stereocenters. The van der Waals surface area contributed by atoms with E-state index in [0.29, 0.717) is 35.0 Å². The maximum atomic E-state index is 12.9. The second-order valence-corrected chi connectivity index (χ2v) is 9.00. The molecule has 2 N–H and O–H groups in total. The molecule has 29 heavy (non-hydrogen) atoms. The highest BCUT2D eigenvalue weighted by Crippen LogP contribution is 2.28. The van der Waals surface area contributed by atoms with E-state index in [4.69, 9.17) is 16.3 Å². The van der Waals surface area contributed by atoms with Crippen LogP contribution in [-0.2, 0) is 26.0 Å². The lowest BCUT2D eigenvalue weighted by Gasteiger charge is -2.20. The van der Waals surface area contributed by atoms with E-state index in [2.05, 4.69) is 10.6 Å². The molecular formula is C19H20ClN3O5S. The summed E-state index contributed by atoms with van der Waals surface area (Å²) in [6.45, 7) is -0.397. The van der Waals surface area contributed by atoms with Gasteiger partial charge in [0.25, 0.3) is 0 Å². The largest absolute Gasteiger partial charge is 0.495 e. The van der Waals surface area contributed by atoms with Crippen LogP contribution in [-0.4, -0.2) is 45.2 Å². The van der Waals surface area contributed by atoms with E-state index in [9.17, 15) is 18.0 Å². The number of halogens is 1. The minimum atomic E-state index is -3.89. The molecule has 0 radical (unpaired) electrons. The summed E-state index contributed by atoms with van der Waals surface area (Å²) in [5.74, 6) is -0.231. The van der Waals surface area contributed by atoms with Gasteiger partial charge in [0.05, 0.1) is 24.2 Å². The fourth-order valence-electron chi connectivity index (χ4n) is 2.96. The summed E-state index contributed by atoms with van der Waals surface area (Å²) in [5, 5.41) is 5.72. The van der Waals surface area contributed by atoms with Crippen molar-refractivity contribution >= 4 is 44.8 Å². The van der Waals surface area contributed by atoms with Crippen molar-refractivity contribution in [2.24, 2.45) is 0 Å².